The zero-order valence-electron chi connectivity index (χ0n) is 13.0. The van der Waals surface area contributed by atoms with E-state index in [1.54, 1.807) is 0 Å². The summed E-state index contributed by atoms with van der Waals surface area (Å²) in [7, 11) is 0. The Morgan fingerprint density at radius 2 is 1.68 bits per heavy atom. The second-order valence-electron chi connectivity index (χ2n) is 9.25. The molecule has 1 N–H and O–H groups in total. The first kappa shape index (κ1) is 12.7. The van der Waals surface area contributed by atoms with Gasteiger partial charge in [0.05, 0.1) is 0 Å². The molecule has 108 valence electrons. The third kappa shape index (κ3) is 1.27. The van der Waals surface area contributed by atoms with Crippen LogP contribution in [0.15, 0.2) is 0 Å². The van der Waals surface area contributed by atoms with E-state index in [2.05, 4.69) is 20.8 Å². The topological polar surface area (TPSA) is 20.2 Å². The third-order valence-corrected chi connectivity index (χ3v) is 8.57. The van der Waals surface area contributed by atoms with Crippen molar-refractivity contribution < 1.29 is 5.11 Å². The average molecular weight is 262 g/mol. The summed E-state index contributed by atoms with van der Waals surface area (Å²) in [6.07, 6.45) is 11.3. The molecular formula is C18H30O. The summed E-state index contributed by atoms with van der Waals surface area (Å²) in [5.41, 5.74) is 2.18. The van der Waals surface area contributed by atoms with E-state index < -0.39 is 0 Å². The molecule has 0 aliphatic heterocycles. The summed E-state index contributed by atoms with van der Waals surface area (Å²) >= 11 is 0. The molecule has 0 radical (unpaired) electrons. The zero-order chi connectivity index (χ0) is 13.5. The fraction of sp³-hybridized carbons (Fsp3) is 1.00. The summed E-state index contributed by atoms with van der Waals surface area (Å²) in [5, 5.41) is 9.97. The van der Waals surface area contributed by atoms with Crippen LogP contribution in [-0.4, -0.2) is 11.7 Å². The number of aliphatic hydroxyl groups is 1. The lowest BCUT2D eigenvalue weighted by Crippen LogP contribution is -2.53. The Labute approximate surface area is 118 Å². The average Bonchev–Trinajstić information content (AvgIpc) is 2.82. The van der Waals surface area contributed by atoms with Crippen molar-refractivity contribution in [2.45, 2.75) is 72.1 Å². The van der Waals surface area contributed by atoms with Gasteiger partial charge < -0.3 is 5.11 Å². The Kier molecular flexibility index (Phi) is 2.27. The Morgan fingerprint density at radius 1 is 0.947 bits per heavy atom. The highest BCUT2D eigenvalue weighted by atomic mass is 16.3. The van der Waals surface area contributed by atoms with Crippen molar-refractivity contribution in [2.24, 2.45) is 33.5 Å². The number of aliphatic hydroxyl groups excluding tert-OH is 1. The van der Waals surface area contributed by atoms with Gasteiger partial charge in [-0.3, -0.25) is 0 Å². The highest BCUT2D eigenvalue weighted by Gasteiger charge is 2.76. The largest absolute Gasteiger partial charge is 0.396 e. The molecule has 4 fully saturated rings. The summed E-state index contributed by atoms with van der Waals surface area (Å²) < 4.78 is 0. The van der Waals surface area contributed by atoms with Crippen molar-refractivity contribution in [3.8, 4) is 0 Å². The Hall–Kier alpha value is -0.0400. The predicted octanol–water partition coefficient (Wildman–Crippen LogP) is 4.39. The predicted molar refractivity (Wildman–Crippen MR) is 77.8 cm³/mol. The molecule has 0 bridgehead atoms. The summed E-state index contributed by atoms with van der Waals surface area (Å²) in [4.78, 5) is 0. The monoisotopic (exact) mass is 262 g/mol. The van der Waals surface area contributed by atoms with Crippen LogP contribution in [0.3, 0.4) is 0 Å². The molecule has 4 rings (SSSR count). The highest BCUT2D eigenvalue weighted by molar-refractivity contribution is 5.25. The van der Waals surface area contributed by atoms with E-state index in [1.165, 1.54) is 51.4 Å². The number of fused-ring (bicyclic) bond motifs is 2. The highest BCUT2D eigenvalue weighted by Crippen LogP contribution is 2.84. The number of rotatable bonds is 1. The molecule has 1 nitrogen and oxygen atoms in total. The van der Waals surface area contributed by atoms with Crippen molar-refractivity contribution in [3.63, 3.8) is 0 Å². The molecule has 4 saturated carbocycles. The van der Waals surface area contributed by atoms with Crippen LogP contribution < -0.4 is 0 Å². The van der Waals surface area contributed by atoms with Crippen LogP contribution in [0.1, 0.15) is 72.1 Å². The Morgan fingerprint density at radius 3 is 2.37 bits per heavy atom. The molecule has 0 aromatic carbocycles. The molecule has 0 heterocycles. The smallest absolute Gasteiger partial charge is 0.0487 e. The van der Waals surface area contributed by atoms with Gasteiger partial charge in [0.15, 0.2) is 0 Å². The lowest BCUT2D eigenvalue weighted by atomic mass is 9.45. The van der Waals surface area contributed by atoms with Gasteiger partial charge in [-0.1, -0.05) is 27.2 Å². The van der Waals surface area contributed by atoms with Crippen LogP contribution in [0.2, 0.25) is 0 Å². The molecule has 0 unspecified atom stereocenters. The van der Waals surface area contributed by atoms with E-state index in [4.69, 9.17) is 0 Å². The summed E-state index contributed by atoms with van der Waals surface area (Å²) in [5.74, 6) is 1.74. The Bertz CT molecular complexity index is 414. The first-order valence-electron chi connectivity index (χ1n) is 8.51. The first-order valence-corrected chi connectivity index (χ1v) is 8.51. The molecule has 4 aliphatic carbocycles. The van der Waals surface area contributed by atoms with Gasteiger partial charge in [-0.05, 0) is 78.4 Å². The van der Waals surface area contributed by atoms with E-state index in [0.717, 1.165) is 17.3 Å². The SMILES string of the molecule is C[C@@]1(CO)CCC[C@]2(C)[C@@H]1CC[C@@]13C[C@]1(C)CC[C@@H]23. The van der Waals surface area contributed by atoms with Crippen LogP contribution in [-0.2, 0) is 0 Å². The molecular weight excluding hydrogens is 232 g/mol. The molecule has 0 saturated heterocycles. The van der Waals surface area contributed by atoms with E-state index in [0.29, 0.717) is 17.4 Å². The van der Waals surface area contributed by atoms with Crippen molar-refractivity contribution in [3.05, 3.63) is 0 Å². The van der Waals surface area contributed by atoms with Crippen LogP contribution in [0.4, 0.5) is 0 Å². The van der Waals surface area contributed by atoms with Gasteiger partial charge in [0, 0.05) is 6.61 Å². The first-order chi connectivity index (χ1) is 8.90. The quantitative estimate of drug-likeness (QED) is 0.743. The minimum absolute atomic E-state index is 0.211. The van der Waals surface area contributed by atoms with Gasteiger partial charge in [-0.15, -0.1) is 0 Å². The van der Waals surface area contributed by atoms with Gasteiger partial charge in [0.1, 0.15) is 0 Å². The molecule has 4 aliphatic rings. The lowest BCUT2D eigenvalue weighted by Gasteiger charge is -2.60. The second-order valence-corrected chi connectivity index (χ2v) is 9.25. The minimum Gasteiger partial charge on any atom is -0.396 e. The zero-order valence-corrected chi connectivity index (χ0v) is 13.0. The van der Waals surface area contributed by atoms with Crippen LogP contribution in [0, 0.1) is 33.5 Å². The number of hydrogen-bond donors (Lipinski definition) is 1. The molecule has 19 heavy (non-hydrogen) atoms. The minimum atomic E-state index is 0.211. The molecule has 1 heteroatoms. The molecule has 6 atom stereocenters. The van der Waals surface area contributed by atoms with Crippen molar-refractivity contribution in [1.29, 1.82) is 0 Å². The normalized spacial score (nSPS) is 63.2. The molecule has 0 aromatic heterocycles. The third-order valence-electron chi connectivity index (χ3n) is 8.57. The van der Waals surface area contributed by atoms with Crippen molar-refractivity contribution in [1.82, 2.24) is 0 Å². The molecule has 1 spiro atoms. The van der Waals surface area contributed by atoms with Crippen LogP contribution in [0.5, 0.6) is 0 Å². The maximum atomic E-state index is 9.97. The van der Waals surface area contributed by atoms with E-state index in [1.807, 2.05) is 0 Å². The maximum absolute atomic E-state index is 9.97. The molecule has 0 amide bonds. The second kappa shape index (κ2) is 3.40. The summed E-state index contributed by atoms with van der Waals surface area (Å²) in [6.45, 7) is 7.93. The van der Waals surface area contributed by atoms with E-state index >= 15 is 0 Å². The van der Waals surface area contributed by atoms with Gasteiger partial charge in [0.25, 0.3) is 0 Å². The van der Waals surface area contributed by atoms with Gasteiger partial charge in [-0.25, -0.2) is 0 Å². The Balaban J connectivity index is 1.73. The van der Waals surface area contributed by atoms with Gasteiger partial charge in [-0.2, -0.15) is 0 Å². The van der Waals surface area contributed by atoms with E-state index in [-0.39, 0.29) is 5.41 Å². The molecule has 0 aromatic rings. The van der Waals surface area contributed by atoms with Gasteiger partial charge in [0.2, 0.25) is 0 Å². The maximum Gasteiger partial charge on any atom is 0.0487 e. The van der Waals surface area contributed by atoms with Crippen molar-refractivity contribution >= 4 is 0 Å². The van der Waals surface area contributed by atoms with E-state index in [9.17, 15) is 5.11 Å². The summed E-state index contributed by atoms with van der Waals surface area (Å²) in [6, 6.07) is 0. The standard InChI is InChI=1S/C18H30O/c1-15(12-19)7-4-8-17(3)13(15)6-10-18-11-16(18,2)9-5-14(17)18/h13-14,19H,4-12H2,1-3H3/t13-,14+,15+,16+,17-,18+/m1/s1. The van der Waals surface area contributed by atoms with Crippen LogP contribution >= 0.6 is 0 Å². The van der Waals surface area contributed by atoms with Crippen molar-refractivity contribution in [2.75, 3.05) is 6.61 Å². The van der Waals surface area contributed by atoms with Crippen LogP contribution in [0.25, 0.3) is 0 Å². The fourth-order valence-electron chi connectivity index (χ4n) is 7.50. The van der Waals surface area contributed by atoms with Gasteiger partial charge >= 0.3 is 0 Å². The number of hydrogen-bond acceptors (Lipinski definition) is 1. The lowest BCUT2D eigenvalue weighted by molar-refractivity contribution is -0.124. The fourth-order valence-corrected chi connectivity index (χ4v) is 7.50.